The summed E-state index contributed by atoms with van der Waals surface area (Å²) in [7, 11) is 1.38. The predicted octanol–water partition coefficient (Wildman–Crippen LogP) is 4.56. The van der Waals surface area contributed by atoms with Crippen LogP contribution in [0.3, 0.4) is 0 Å². The molecule has 2 saturated heterocycles. The van der Waals surface area contributed by atoms with Gasteiger partial charge in [-0.05, 0) is 36.3 Å². The molecule has 0 radical (unpaired) electrons. The number of hydrogen-bond donors (Lipinski definition) is 0. The fraction of sp³-hybridized carbons (Fsp3) is 0.667. The molecule has 0 aromatic carbocycles. The van der Waals surface area contributed by atoms with E-state index in [2.05, 4.69) is 20.4 Å². The molecule has 1 spiro atoms. The molecule has 7 nitrogen and oxygen atoms in total. The first-order valence-electron chi connectivity index (χ1n) is 12.1. The van der Waals surface area contributed by atoms with E-state index in [1.54, 1.807) is 12.5 Å². The molecule has 2 aliphatic carbocycles. The van der Waals surface area contributed by atoms with Gasteiger partial charge in [0.05, 0.1) is 32.2 Å². The lowest BCUT2D eigenvalue weighted by molar-refractivity contribution is -0.298. The standard InChI is InChI=1S/C27H34O7/c1-15-17-7-9-25(4)23(16-8-10-32-14-16)33-22(30)13-27(15,25)34-20-12-19(28)24(2,3)18(26(17,20)5)11-21(29)31-6/h8,10,14,17-18,20,23H,1,7,9,11-13H2,2-6H3/t17?,18?,20-,23-,25-,26?,27-/m0/s1. The van der Waals surface area contributed by atoms with Crippen LogP contribution in [0.1, 0.15) is 71.5 Å². The Kier molecular flexibility index (Phi) is 5.01. The molecule has 7 heteroatoms. The molecule has 3 unspecified atom stereocenters. The SMILES string of the molecule is C=C1C2CC[C@@]3(C)[C@H](c4ccoc4)OC(=O)C[C@]13O[C@H]1CC(=O)C(C)(C)C(CC(=O)OC)C21C. The summed E-state index contributed by atoms with van der Waals surface area (Å²) in [5.74, 6) is -0.889. The van der Waals surface area contributed by atoms with Crippen LogP contribution in [0.4, 0.5) is 0 Å². The number of ketones is 1. The second-order valence-electron chi connectivity index (χ2n) is 11.6. The van der Waals surface area contributed by atoms with Crippen LogP contribution in [0, 0.1) is 28.1 Å². The van der Waals surface area contributed by atoms with E-state index < -0.39 is 34.1 Å². The summed E-state index contributed by atoms with van der Waals surface area (Å²) in [6, 6.07) is 1.82. The van der Waals surface area contributed by atoms with Gasteiger partial charge in [0, 0.05) is 34.7 Å². The third-order valence-electron chi connectivity index (χ3n) is 9.98. The number of cyclic esters (lactones) is 1. The average molecular weight is 471 g/mol. The predicted molar refractivity (Wildman–Crippen MR) is 121 cm³/mol. The van der Waals surface area contributed by atoms with E-state index in [-0.39, 0.29) is 48.8 Å². The van der Waals surface area contributed by atoms with Gasteiger partial charge in [-0.25, -0.2) is 0 Å². The molecule has 4 aliphatic rings. The molecule has 5 rings (SSSR count). The summed E-state index contributed by atoms with van der Waals surface area (Å²) < 4.78 is 23.2. The molecule has 34 heavy (non-hydrogen) atoms. The number of ether oxygens (including phenoxy) is 3. The van der Waals surface area contributed by atoms with Crippen molar-refractivity contribution < 1.29 is 33.0 Å². The second kappa shape index (κ2) is 7.30. The van der Waals surface area contributed by atoms with Crippen LogP contribution >= 0.6 is 0 Å². The number of hydrogen-bond acceptors (Lipinski definition) is 7. The molecule has 0 N–H and O–H groups in total. The van der Waals surface area contributed by atoms with Gasteiger partial charge >= 0.3 is 11.9 Å². The van der Waals surface area contributed by atoms with Gasteiger partial charge in [-0.3, -0.25) is 14.4 Å². The molecule has 2 saturated carbocycles. The number of carbonyl (C=O) groups is 3. The Morgan fingerprint density at radius 3 is 2.62 bits per heavy atom. The molecule has 1 aromatic rings. The molecule has 2 bridgehead atoms. The number of methoxy groups -OCH3 is 1. The van der Waals surface area contributed by atoms with Gasteiger partial charge in [0.15, 0.2) is 0 Å². The highest BCUT2D eigenvalue weighted by molar-refractivity contribution is 5.87. The van der Waals surface area contributed by atoms with Gasteiger partial charge in [0.25, 0.3) is 0 Å². The molecule has 4 fully saturated rings. The molecular weight excluding hydrogens is 436 g/mol. The molecule has 184 valence electrons. The van der Waals surface area contributed by atoms with E-state index in [1.807, 2.05) is 19.9 Å². The lowest BCUT2D eigenvalue weighted by Gasteiger charge is -2.70. The monoisotopic (exact) mass is 470 g/mol. The number of fused-ring (bicyclic) bond motifs is 3. The second-order valence-corrected chi connectivity index (χ2v) is 11.6. The Labute approximate surface area is 200 Å². The zero-order valence-electron chi connectivity index (χ0n) is 20.6. The largest absolute Gasteiger partial charge is 0.472 e. The van der Waals surface area contributed by atoms with Crippen molar-refractivity contribution in [1.82, 2.24) is 0 Å². The fourth-order valence-corrected chi connectivity index (χ4v) is 7.88. The van der Waals surface area contributed by atoms with Crippen molar-refractivity contribution in [2.24, 2.45) is 28.1 Å². The highest BCUT2D eigenvalue weighted by Crippen LogP contribution is 2.71. The van der Waals surface area contributed by atoms with Gasteiger partial charge in [0.2, 0.25) is 0 Å². The van der Waals surface area contributed by atoms with Crippen LogP contribution < -0.4 is 0 Å². The van der Waals surface area contributed by atoms with Gasteiger partial charge in [-0.1, -0.05) is 34.3 Å². The van der Waals surface area contributed by atoms with Crippen molar-refractivity contribution in [3.8, 4) is 0 Å². The Morgan fingerprint density at radius 2 is 1.97 bits per heavy atom. The molecule has 1 aromatic heterocycles. The number of furan rings is 1. The minimum Gasteiger partial charge on any atom is -0.472 e. The quantitative estimate of drug-likeness (QED) is 0.472. The van der Waals surface area contributed by atoms with E-state index >= 15 is 0 Å². The molecule has 0 amide bonds. The van der Waals surface area contributed by atoms with Crippen LogP contribution in [-0.4, -0.2) is 36.5 Å². The Bertz CT molecular complexity index is 1060. The maximum Gasteiger partial charge on any atom is 0.309 e. The first kappa shape index (κ1) is 23.3. The van der Waals surface area contributed by atoms with Crippen molar-refractivity contribution in [3.05, 3.63) is 36.3 Å². The Hall–Kier alpha value is -2.41. The summed E-state index contributed by atoms with van der Waals surface area (Å²) in [4.78, 5) is 38.8. The van der Waals surface area contributed by atoms with E-state index in [4.69, 9.17) is 18.6 Å². The number of esters is 2. The minimum absolute atomic E-state index is 0.00254. The summed E-state index contributed by atoms with van der Waals surface area (Å²) in [6.07, 6.45) is 4.23. The van der Waals surface area contributed by atoms with Crippen molar-refractivity contribution in [3.63, 3.8) is 0 Å². The highest BCUT2D eigenvalue weighted by Gasteiger charge is 2.73. The molecule has 2 aliphatic heterocycles. The minimum atomic E-state index is -0.949. The maximum absolute atomic E-state index is 13.4. The first-order valence-corrected chi connectivity index (χ1v) is 12.1. The summed E-state index contributed by atoms with van der Waals surface area (Å²) in [5.41, 5.74) is -1.05. The van der Waals surface area contributed by atoms with Crippen LogP contribution in [-0.2, 0) is 28.6 Å². The summed E-state index contributed by atoms with van der Waals surface area (Å²) in [5, 5.41) is 0. The lowest BCUT2D eigenvalue weighted by atomic mass is 9.41. The van der Waals surface area contributed by atoms with E-state index in [0.29, 0.717) is 0 Å². The fourth-order valence-electron chi connectivity index (χ4n) is 7.88. The highest BCUT2D eigenvalue weighted by atomic mass is 16.6. The van der Waals surface area contributed by atoms with E-state index in [1.165, 1.54) is 7.11 Å². The maximum atomic E-state index is 13.4. The van der Waals surface area contributed by atoms with Gasteiger partial charge in [-0.15, -0.1) is 0 Å². The van der Waals surface area contributed by atoms with Crippen LogP contribution in [0.15, 0.2) is 35.2 Å². The average Bonchev–Trinajstić information content (AvgIpc) is 3.30. The smallest absolute Gasteiger partial charge is 0.309 e. The third-order valence-corrected chi connectivity index (χ3v) is 9.98. The van der Waals surface area contributed by atoms with E-state index in [9.17, 15) is 14.4 Å². The molecular formula is C27H34O7. The molecule has 7 atom stereocenters. The number of rotatable bonds is 3. The van der Waals surface area contributed by atoms with E-state index in [0.717, 1.165) is 24.0 Å². The third kappa shape index (κ3) is 2.76. The van der Waals surface area contributed by atoms with Crippen molar-refractivity contribution in [2.75, 3.05) is 7.11 Å². The summed E-state index contributed by atoms with van der Waals surface area (Å²) >= 11 is 0. The van der Waals surface area contributed by atoms with Gasteiger partial charge in [0.1, 0.15) is 17.5 Å². The van der Waals surface area contributed by atoms with Crippen molar-refractivity contribution >= 4 is 17.7 Å². The normalized spacial score (nSPS) is 42.9. The van der Waals surface area contributed by atoms with Crippen molar-refractivity contribution in [1.29, 1.82) is 0 Å². The Morgan fingerprint density at radius 1 is 1.24 bits per heavy atom. The van der Waals surface area contributed by atoms with Crippen molar-refractivity contribution in [2.45, 2.75) is 77.6 Å². The zero-order chi connectivity index (χ0) is 24.7. The van der Waals surface area contributed by atoms with Crippen LogP contribution in [0.5, 0.6) is 0 Å². The first-order chi connectivity index (χ1) is 15.9. The van der Waals surface area contributed by atoms with Gasteiger partial charge < -0.3 is 18.6 Å². The number of Topliss-reactive ketones (excluding diaryl/α,β-unsaturated/α-hetero) is 1. The van der Waals surface area contributed by atoms with Gasteiger partial charge in [-0.2, -0.15) is 0 Å². The zero-order valence-corrected chi connectivity index (χ0v) is 20.6. The lowest BCUT2D eigenvalue weighted by Crippen LogP contribution is -2.72. The number of carbonyl (C=O) groups excluding carboxylic acids is 3. The molecule has 3 heterocycles. The topological polar surface area (TPSA) is 92.0 Å². The summed E-state index contributed by atoms with van der Waals surface area (Å²) in [6.45, 7) is 12.6. The van der Waals surface area contributed by atoms with Crippen LogP contribution in [0.25, 0.3) is 0 Å². The Balaban J connectivity index is 1.63. The van der Waals surface area contributed by atoms with Crippen LogP contribution in [0.2, 0.25) is 0 Å².